The lowest BCUT2D eigenvalue weighted by Gasteiger charge is -2.17. The average Bonchev–Trinajstić information content (AvgIpc) is 3.37. The average molecular weight is 435 g/mol. The van der Waals surface area contributed by atoms with E-state index in [1.165, 1.54) is 28.0 Å². The van der Waals surface area contributed by atoms with E-state index >= 15 is 0 Å². The molecule has 0 bridgehead atoms. The minimum atomic E-state index is -0.0575. The molecule has 160 valence electrons. The number of hydrogen-bond donors (Lipinski definition) is 1. The molecule has 31 heavy (non-hydrogen) atoms. The van der Waals surface area contributed by atoms with Crippen LogP contribution in [0.3, 0.4) is 0 Å². The number of nitrogens with zero attached hydrogens (tertiary/aromatic N) is 3. The van der Waals surface area contributed by atoms with E-state index in [9.17, 15) is 9.59 Å². The summed E-state index contributed by atoms with van der Waals surface area (Å²) in [5.74, 6) is 0.0307. The third kappa shape index (κ3) is 5.17. The summed E-state index contributed by atoms with van der Waals surface area (Å²) in [6.45, 7) is 4.70. The van der Waals surface area contributed by atoms with Crippen LogP contribution in [0.4, 0.5) is 10.8 Å². The van der Waals surface area contributed by atoms with Gasteiger partial charge in [-0.1, -0.05) is 47.7 Å². The van der Waals surface area contributed by atoms with Crippen LogP contribution in [0, 0.1) is 13.8 Å². The van der Waals surface area contributed by atoms with Gasteiger partial charge in [0.1, 0.15) is 5.01 Å². The standard InChI is InChI=1S/C24H26N4O2S/c1-16-11-12-20(13-17(16)2)28-15-19(14-22(28)30)23-26-27-24(31-23)25-21(29)10-6-9-18-7-4-3-5-8-18/h3-5,7-8,11-13,19H,6,9-10,14-15H2,1-2H3,(H,25,27,29). The van der Waals surface area contributed by atoms with Gasteiger partial charge >= 0.3 is 0 Å². The van der Waals surface area contributed by atoms with E-state index < -0.39 is 0 Å². The van der Waals surface area contributed by atoms with Gasteiger partial charge < -0.3 is 10.2 Å². The molecule has 1 aliphatic rings. The Kier molecular flexibility index (Phi) is 6.42. The van der Waals surface area contributed by atoms with Crippen LogP contribution in [0.25, 0.3) is 0 Å². The summed E-state index contributed by atoms with van der Waals surface area (Å²) in [5.41, 5.74) is 4.53. The van der Waals surface area contributed by atoms with Gasteiger partial charge in [0, 0.05) is 31.0 Å². The van der Waals surface area contributed by atoms with Gasteiger partial charge in [0.25, 0.3) is 0 Å². The SMILES string of the molecule is Cc1ccc(N2CC(c3nnc(NC(=O)CCCc4ccccc4)s3)CC2=O)cc1C. The minimum Gasteiger partial charge on any atom is -0.312 e. The molecule has 1 aromatic heterocycles. The molecular weight excluding hydrogens is 408 g/mol. The molecule has 1 aliphatic heterocycles. The van der Waals surface area contributed by atoms with E-state index in [2.05, 4.69) is 47.6 Å². The third-order valence-corrected chi connectivity index (χ3v) is 6.68. The molecule has 3 aromatic rings. The molecule has 2 heterocycles. The molecular formula is C24H26N4O2S. The van der Waals surface area contributed by atoms with Crippen LogP contribution < -0.4 is 10.2 Å². The van der Waals surface area contributed by atoms with Crippen molar-refractivity contribution < 1.29 is 9.59 Å². The van der Waals surface area contributed by atoms with Gasteiger partial charge in [0.05, 0.1) is 0 Å². The predicted octanol–water partition coefficient (Wildman–Crippen LogP) is 4.64. The van der Waals surface area contributed by atoms with Crippen LogP contribution in [0.15, 0.2) is 48.5 Å². The van der Waals surface area contributed by atoms with Crippen molar-refractivity contribution in [2.45, 2.75) is 45.4 Å². The number of carbonyl (C=O) groups excluding carboxylic acids is 2. The van der Waals surface area contributed by atoms with Crippen molar-refractivity contribution in [1.29, 1.82) is 0 Å². The summed E-state index contributed by atoms with van der Waals surface area (Å²) in [4.78, 5) is 26.7. The van der Waals surface area contributed by atoms with Crippen LogP contribution >= 0.6 is 11.3 Å². The molecule has 0 aliphatic carbocycles. The molecule has 7 heteroatoms. The molecule has 1 atom stereocenters. The number of carbonyl (C=O) groups is 2. The Bertz CT molecular complexity index is 1080. The van der Waals surface area contributed by atoms with Gasteiger partial charge in [-0.2, -0.15) is 0 Å². The fourth-order valence-electron chi connectivity index (χ4n) is 3.75. The fourth-order valence-corrected chi connectivity index (χ4v) is 4.60. The number of hydrogen-bond acceptors (Lipinski definition) is 5. The van der Waals surface area contributed by atoms with Crippen LogP contribution in [0.1, 0.15) is 46.9 Å². The molecule has 1 N–H and O–H groups in total. The van der Waals surface area contributed by atoms with Crippen molar-refractivity contribution in [2.24, 2.45) is 0 Å². The van der Waals surface area contributed by atoms with E-state index in [0.717, 1.165) is 23.5 Å². The van der Waals surface area contributed by atoms with Crippen molar-refractivity contribution in [2.75, 3.05) is 16.8 Å². The molecule has 1 saturated heterocycles. The van der Waals surface area contributed by atoms with Gasteiger partial charge in [-0.25, -0.2) is 0 Å². The topological polar surface area (TPSA) is 75.2 Å². The maximum Gasteiger partial charge on any atom is 0.227 e. The zero-order valence-electron chi connectivity index (χ0n) is 17.8. The lowest BCUT2D eigenvalue weighted by Crippen LogP contribution is -2.24. The number of nitrogens with one attached hydrogen (secondary N) is 1. The quantitative estimate of drug-likeness (QED) is 0.588. The molecule has 0 spiro atoms. The van der Waals surface area contributed by atoms with E-state index in [1.54, 1.807) is 0 Å². The molecule has 1 fully saturated rings. The van der Waals surface area contributed by atoms with E-state index in [0.29, 0.717) is 24.5 Å². The van der Waals surface area contributed by atoms with Crippen LogP contribution in [0.2, 0.25) is 0 Å². The maximum absolute atomic E-state index is 12.6. The van der Waals surface area contributed by atoms with Gasteiger partial charge in [-0.3, -0.25) is 9.59 Å². The van der Waals surface area contributed by atoms with Gasteiger partial charge in [0.2, 0.25) is 16.9 Å². The predicted molar refractivity (Wildman–Crippen MR) is 124 cm³/mol. The van der Waals surface area contributed by atoms with Crippen LogP contribution in [-0.2, 0) is 16.0 Å². The number of aromatic nitrogens is 2. The summed E-state index contributed by atoms with van der Waals surface area (Å²) in [5, 5.41) is 12.5. The summed E-state index contributed by atoms with van der Waals surface area (Å²) in [7, 11) is 0. The Balaban J connectivity index is 1.31. The number of benzene rings is 2. The lowest BCUT2D eigenvalue weighted by atomic mass is 10.1. The zero-order valence-corrected chi connectivity index (χ0v) is 18.6. The Labute approximate surface area is 186 Å². The van der Waals surface area contributed by atoms with Gasteiger partial charge in [-0.05, 0) is 55.5 Å². The summed E-state index contributed by atoms with van der Waals surface area (Å²) in [6.07, 6.45) is 2.50. The van der Waals surface area contributed by atoms with Crippen LogP contribution in [0.5, 0.6) is 0 Å². The highest BCUT2D eigenvalue weighted by atomic mass is 32.1. The van der Waals surface area contributed by atoms with E-state index in [1.807, 2.05) is 35.2 Å². The molecule has 4 rings (SSSR count). The number of amides is 2. The molecule has 2 amide bonds. The largest absolute Gasteiger partial charge is 0.312 e. The highest BCUT2D eigenvalue weighted by Crippen LogP contribution is 2.34. The molecule has 1 unspecified atom stereocenters. The zero-order chi connectivity index (χ0) is 21.8. The first-order valence-corrected chi connectivity index (χ1v) is 11.4. The lowest BCUT2D eigenvalue weighted by molar-refractivity contribution is -0.117. The highest BCUT2D eigenvalue weighted by molar-refractivity contribution is 7.15. The molecule has 6 nitrogen and oxygen atoms in total. The normalized spacial score (nSPS) is 16.0. The van der Waals surface area contributed by atoms with Crippen molar-refractivity contribution in [3.8, 4) is 0 Å². The Morgan fingerprint density at radius 2 is 1.94 bits per heavy atom. The Morgan fingerprint density at radius 1 is 1.13 bits per heavy atom. The number of rotatable bonds is 7. The fraction of sp³-hybridized carbons (Fsp3) is 0.333. The molecule has 0 saturated carbocycles. The summed E-state index contributed by atoms with van der Waals surface area (Å²) < 4.78 is 0. The van der Waals surface area contributed by atoms with Crippen molar-refractivity contribution in [3.63, 3.8) is 0 Å². The summed E-state index contributed by atoms with van der Waals surface area (Å²) >= 11 is 1.36. The molecule has 0 radical (unpaired) electrons. The van der Waals surface area contributed by atoms with E-state index in [-0.39, 0.29) is 17.7 Å². The first kappa shape index (κ1) is 21.2. The van der Waals surface area contributed by atoms with Crippen molar-refractivity contribution >= 4 is 34.0 Å². The van der Waals surface area contributed by atoms with Gasteiger partial charge in [-0.15, -0.1) is 10.2 Å². The summed E-state index contributed by atoms with van der Waals surface area (Å²) in [6, 6.07) is 16.2. The maximum atomic E-state index is 12.6. The second-order valence-electron chi connectivity index (χ2n) is 8.01. The monoisotopic (exact) mass is 434 g/mol. The Morgan fingerprint density at radius 3 is 2.71 bits per heavy atom. The second-order valence-corrected chi connectivity index (χ2v) is 9.02. The van der Waals surface area contributed by atoms with Crippen LogP contribution in [-0.4, -0.2) is 28.6 Å². The number of anilines is 2. The minimum absolute atomic E-state index is 0.00431. The highest BCUT2D eigenvalue weighted by Gasteiger charge is 2.34. The Hall–Kier alpha value is -3.06. The molecule has 2 aromatic carbocycles. The second kappa shape index (κ2) is 9.39. The first-order chi connectivity index (χ1) is 15.0. The number of aryl methyl sites for hydroxylation is 3. The van der Waals surface area contributed by atoms with Crippen molar-refractivity contribution in [1.82, 2.24) is 10.2 Å². The van der Waals surface area contributed by atoms with Crippen molar-refractivity contribution in [3.05, 3.63) is 70.2 Å². The van der Waals surface area contributed by atoms with E-state index in [4.69, 9.17) is 0 Å². The smallest absolute Gasteiger partial charge is 0.227 e. The first-order valence-electron chi connectivity index (χ1n) is 10.5. The van der Waals surface area contributed by atoms with Gasteiger partial charge in [0.15, 0.2) is 0 Å². The third-order valence-electron chi connectivity index (χ3n) is 5.68.